The van der Waals surface area contributed by atoms with E-state index < -0.39 is 5.60 Å². The minimum Gasteiger partial charge on any atom is -0.382 e. The monoisotopic (exact) mass is 334 g/mol. The molecule has 5 nitrogen and oxygen atoms in total. The molecule has 1 aliphatic carbocycles. The first kappa shape index (κ1) is 19.7. The van der Waals surface area contributed by atoms with E-state index in [1.165, 1.54) is 19.3 Å². The number of nitrogens with one attached hydrogen (secondary N) is 2. The SMILES string of the molecule is CCOCCC1(CNC(=O)C2(OC)CCNCC2)CCC1.Cl. The van der Waals surface area contributed by atoms with Crippen molar-refractivity contribution in [2.45, 2.75) is 51.0 Å². The summed E-state index contributed by atoms with van der Waals surface area (Å²) in [6.45, 7) is 6.04. The van der Waals surface area contributed by atoms with Gasteiger partial charge in [-0.05, 0) is 57.5 Å². The lowest BCUT2D eigenvalue weighted by Gasteiger charge is -2.43. The molecule has 0 radical (unpaired) electrons. The Morgan fingerprint density at radius 3 is 2.41 bits per heavy atom. The number of hydrogen-bond donors (Lipinski definition) is 2. The molecule has 0 unspecified atom stereocenters. The summed E-state index contributed by atoms with van der Waals surface area (Å²) in [6.07, 6.45) is 6.20. The van der Waals surface area contributed by atoms with Crippen LogP contribution < -0.4 is 10.6 Å². The maximum absolute atomic E-state index is 12.6. The summed E-state index contributed by atoms with van der Waals surface area (Å²) in [4.78, 5) is 12.6. The van der Waals surface area contributed by atoms with Crippen LogP contribution in [0.1, 0.15) is 45.4 Å². The summed E-state index contributed by atoms with van der Waals surface area (Å²) < 4.78 is 11.1. The lowest BCUT2D eigenvalue weighted by Crippen LogP contribution is -2.56. The van der Waals surface area contributed by atoms with Gasteiger partial charge in [-0.15, -0.1) is 12.4 Å². The molecule has 2 N–H and O–H groups in total. The molecule has 1 saturated heterocycles. The van der Waals surface area contributed by atoms with Gasteiger partial charge in [-0.3, -0.25) is 4.79 Å². The molecule has 0 atom stereocenters. The van der Waals surface area contributed by atoms with Crippen LogP contribution >= 0.6 is 12.4 Å². The Morgan fingerprint density at radius 1 is 1.23 bits per heavy atom. The van der Waals surface area contributed by atoms with Crippen LogP contribution in [0.5, 0.6) is 0 Å². The van der Waals surface area contributed by atoms with E-state index in [4.69, 9.17) is 9.47 Å². The van der Waals surface area contributed by atoms with Gasteiger partial charge in [0.1, 0.15) is 5.60 Å². The van der Waals surface area contributed by atoms with Crippen molar-refractivity contribution in [3.8, 4) is 0 Å². The standard InChI is InChI=1S/C16H30N2O3.ClH/c1-3-21-12-9-15(5-4-6-15)13-18-14(19)16(20-2)7-10-17-11-8-16;/h17H,3-13H2,1-2H3,(H,18,19);1H. The maximum atomic E-state index is 12.6. The third-order valence-corrected chi connectivity index (χ3v) is 5.23. The number of methoxy groups -OCH3 is 1. The zero-order valence-corrected chi connectivity index (χ0v) is 14.7. The fourth-order valence-corrected chi connectivity index (χ4v) is 3.41. The highest BCUT2D eigenvalue weighted by Gasteiger charge is 2.42. The topological polar surface area (TPSA) is 59.6 Å². The molecule has 2 rings (SSSR count). The molecule has 0 spiro atoms. The van der Waals surface area contributed by atoms with Crippen molar-refractivity contribution in [3.63, 3.8) is 0 Å². The minimum atomic E-state index is -0.629. The third-order valence-electron chi connectivity index (χ3n) is 5.23. The van der Waals surface area contributed by atoms with E-state index in [1.807, 2.05) is 6.92 Å². The number of rotatable bonds is 8. The van der Waals surface area contributed by atoms with Crippen LogP contribution in [0.2, 0.25) is 0 Å². The number of carbonyl (C=O) groups is 1. The summed E-state index contributed by atoms with van der Waals surface area (Å²) in [5, 5.41) is 6.45. The first-order chi connectivity index (χ1) is 10.2. The Kier molecular flexibility index (Phi) is 8.11. The lowest BCUT2D eigenvalue weighted by atomic mass is 9.66. The first-order valence-corrected chi connectivity index (χ1v) is 8.28. The molecule has 22 heavy (non-hydrogen) atoms. The van der Waals surface area contributed by atoms with Crippen molar-refractivity contribution in [2.75, 3.05) is 40.0 Å². The van der Waals surface area contributed by atoms with E-state index >= 15 is 0 Å². The first-order valence-electron chi connectivity index (χ1n) is 8.28. The largest absolute Gasteiger partial charge is 0.382 e. The van der Waals surface area contributed by atoms with Crippen LogP contribution in [0, 0.1) is 5.41 Å². The number of piperidine rings is 1. The zero-order valence-electron chi connectivity index (χ0n) is 13.9. The van der Waals surface area contributed by atoms with E-state index in [-0.39, 0.29) is 23.7 Å². The lowest BCUT2D eigenvalue weighted by molar-refractivity contribution is -0.147. The van der Waals surface area contributed by atoms with Crippen LogP contribution in [0.15, 0.2) is 0 Å². The van der Waals surface area contributed by atoms with Crippen LogP contribution in [0.3, 0.4) is 0 Å². The van der Waals surface area contributed by atoms with Crippen molar-refractivity contribution < 1.29 is 14.3 Å². The van der Waals surface area contributed by atoms with E-state index in [9.17, 15) is 4.79 Å². The second kappa shape index (κ2) is 9.06. The normalized spacial score (nSPS) is 22.3. The van der Waals surface area contributed by atoms with Crippen LogP contribution in [-0.4, -0.2) is 51.5 Å². The Morgan fingerprint density at radius 2 is 1.91 bits per heavy atom. The summed E-state index contributed by atoms with van der Waals surface area (Å²) in [7, 11) is 1.65. The van der Waals surface area contributed by atoms with Crippen molar-refractivity contribution in [1.82, 2.24) is 10.6 Å². The molecule has 0 aromatic heterocycles. The molecule has 2 fully saturated rings. The number of ether oxygens (including phenoxy) is 2. The van der Waals surface area contributed by atoms with Gasteiger partial charge in [0.2, 0.25) is 0 Å². The van der Waals surface area contributed by atoms with Gasteiger partial charge in [-0.2, -0.15) is 0 Å². The fraction of sp³-hybridized carbons (Fsp3) is 0.938. The fourth-order valence-electron chi connectivity index (χ4n) is 3.41. The van der Waals surface area contributed by atoms with Gasteiger partial charge in [0.15, 0.2) is 0 Å². The minimum absolute atomic E-state index is 0. The van der Waals surface area contributed by atoms with Gasteiger partial charge in [-0.25, -0.2) is 0 Å². The Hall–Kier alpha value is -0.360. The van der Waals surface area contributed by atoms with Gasteiger partial charge in [-0.1, -0.05) is 6.42 Å². The highest BCUT2D eigenvalue weighted by Crippen LogP contribution is 2.43. The highest BCUT2D eigenvalue weighted by molar-refractivity contribution is 5.85. The van der Waals surface area contributed by atoms with Crippen molar-refractivity contribution in [3.05, 3.63) is 0 Å². The summed E-state index contributed by atoms with van der Waals surface area (Å²) >= 11 is 0. The second-order valence-corrected chi connectivity index (χ2v) is 6.43. The molecule has 0 aromatic carbocycles. The molecule has 2 aliphatic rings. The molecule has 6 heteroatoms. The van der Waals surface area contributed by atoms with E-state index in [2.05, 4.69) is 10.6 Å². The molecule has 1 saturated carbocycles. The van der Waals surface area contributed by atoms with Crippen LogP contribution in [0.4, 0.5) is 0 Å². The van der Waals surface area contributed by atoms with E-state index in [0.29, 0.717) is 0 Å². The summed E-state index contributed by atoms with van der Waals surface area (Å²) in [6, 6.07) is 0. The smallest absolute Gasteiger partial charge is 0.252 e. The molecule has 1 aliphatic heterocycles. The van der Waals surface area contributed by atoms with E-state index in [0.717, 1.165) is 52.1 Å². The average Bonchev–Trinajstić information content (AvgIpc) is 2.49. The predicted molar refractivity (Wildman–Crippen MR) is 89.5 cm³/mol. The summed E-state index contributed by atoms with van der Waals surface area (Å²) in [5.41, 5.74) is -0.372. The molecular weight excluding hydrogens is 304 g/mol. The number of carbonyl (C=O) groups excluding carboxylic acids is 1. The highest BCUT2D eigenvalue weighted by atomic mass is 35.5. The Bertz CT molecular complexity index is 342. The van der Waals surface area contributed by atoms with Crippen LogP contribution in [-0.2, 0) is 14.3 Å². The van der Waals surface area contributed by atoms with Crippen molar-refractivity contribution >= 4 is 18.3 Å². The second-order valence-electron chi connectivity index (χ2n) is 6.43. The maximum Gasteiger partial charge on any atom is 0.252 e. The Labute approximate surface area is 140 Å². The van der Waals surface area contributed by atoms with Crippen LogP contribution in [0.25, 0.3) is 0 Å². The van der Waals surface area contributed by atoms with Gasteiger partial charge in [0.25, 0.3) is 5.91 Å². The molecule has 0 bridgehead atoms. The van der Waals surface area contributed by atoms with E-state index in [1.54, 1.807) is 7.11 Å². The van der Waals surface area contributed by atoms with Gasteiger partial charge in [0.05, 0.1) is 0 Å². The average molecular weight is 335 g/mol. The molecule has 1 heterocycles. The van der Waals surface area contributed by atoms with Crippen molar-refractivity contribution in [1.29, 1.82) is 0 Å². The molecule has 1 amide bonds. The molecule has 130 valence electrons. The number of hydrogen-bond acceptors (Lipinski definition) is 4. The number of halogens is 1. The van der Waals surface area contributed by atoms with Crippen molar-refractivity contribution in [2.24, 2.45) is 5.41 Å². The quantitative estimate of drug-likeness (QED) is 0.665. The van der Waals surface area contributed by atoms with Gasteiger partial charge < -0.3 is 20.1 Å². The summed E-state index contributed by atoms with van der Waals surface area (Å²) in [5.74, 6) is 0.0641. The molecular formula is C16H31ClN2O3. The predicted octanol–water partition coefficient (Wildman–Crippen LogP) is 1.89. The van der Waals surface area contributed by atoms with Gasteiger partial charge in [0, 0.05) is 26.9 Å². The molecule has 0 aromatic rings. The van der Waals surface area contributed by atoms with Gasteiger partial charge >= 0.3 is 0 Å². The number of amides is 1. The Balaban J connectivity index is 0.00000242. The zero-order chi connectivity index (χ0) is 15.2. The third kappa shape index (κ3) is 4.57.